The zero-order valence-corrected chi connectivity index (χ0v) is 14.6. The van der Waals surface area contributed by atoms with Crippen molar-refractivity contribution in [2.24, 2.45) is 0 Å². The molecule has 0 spiro atoms. The van der Waals surface area contributed by atoms with Crippen LogP contribution >= 0.6 is 12.6 Å². The molecule has 0 saturated carbocycles. The summed E-state index contributed by atoms with van der Waals surface area (Å²) in [6.07, 6.45) is 0. The van der Waals surface area contributed by atoms with Gasteiger partial charge in [-0.3, -0.25) is 4.57 Å². The van der Waals surface area contributed by atoms with E-state index in [1.54, 1.807) is 7.11 Å². The zero-order valence-electron chi connectivity index (χ0n) is 13.7. The van der Waals surface area contributed by atoms with Gasteiger partial charge in [-0.05, 0) is 11.1 Å². The van der Waals surface area contributed by atoms with Gasteiger partial charge in [0.05, 0.1) is 13.2 Å². The van der Waals surface area contributed by atoms with Gasteiger partial charge in [-0.1, -0.05) is 24.3 Å². The number of aromatic amines is 1. The maximum Gasteiger partial charge on any atom is 0.328 e. The van der Waals surface area contributed by atoms with Crippen molar-refractivity contribution in [1.29, 1.82) is 0 Å². The quantitative estimate of drug-likeness (QED) is 0.431. The van der Waals surface area contributed by atoms with E-state index >= 15 is 0 Å². The molecule has 0 unspecified atom stereocenters. The number of ether oxygens (including phenoxy) is 2. The number of fused-ring (bicyclic) bond motifs is 1. The molecular formula is C16H19N5O3S. The first-order chi connectivity index (χ1) is 12.1. The van der Waals surface area contributed by atoms with E-state index in [1.807, 2.05) is 24.3 Å². The van der Waals surface area contributed by atoms with Crippen LogP contribution in [0.25, 0.3) is 11.2 Å². The van der Waals surface area contributed by atoms with Gasteiger partial charge in [0.15, 0.2) is 11.5 Å². The number of hydrogen-bond acceptors (Lipinski definition) is 7. The average Bonchev–Trinajstić information content (AvgIpc) is 2.92. The van der Waals surface area contributed by atoms with Gasteiger partial charge in [0.25, 0.3) is 0 Å². The monoisotopic (exact) mass is 361 g/mol. The van der Waals surface area contributed by atoms with E-state index in [2.05, 4.69) is 27.6 Å². The van der Waals surface area contributed by atoms with Crippen LogP contribution in [0.15, 0.2) is 29.1 Å². The van der Waals surface area contributed by atoms with Gasteiger partial charge in [-0.2, -0.15) is 22.6 Å². The van der Waals surface area contributed by atoms with Gasteiger partial charge in [0.1, 0.15) is 12.1 Å². The molecule has 0 bridgehead atoms. The topological polar surface area (TPSA) is 108 Å². The SMILES string of the molecule is COCCOc1nc(N)c2[nH]c(=O)n(Cc3cccc(CS)c3)c2n1. The fourth-order valence-corrected chi connectivity index (χ4v) is 2.66. The number of methoxy groups -OCH3 is 1. The third-order valence-corrected chi connectivity index (χ3v) is 4.03. The van der Waals surface area contributed by atoms with Crippen molar-refractivity contribution in [3.63, 3.8) is 0 Å². The Labute approximate surface area is 149 Å². The Morgan fingerprint density at radius 3 is 2.84 bits per heavy atom. The Morgan fingerprint density at radius 1 is 1.28 bits per heavy atom. The molecule has 1 aromatic carbocycles. The van der Waals surface area contributed by atoms with Gasteiger partial charge in [0.2, 0.25) is 0 Å². The molecule has 0 saturated heterocycles. The molecule has 0 aliphatic rings. The van der Waals surface area contributed by atoms with Crippen LogP contribution in [0, 0.1) is 0 Å². The van der Waals surface area contributed by atoms with Crippen LogP contribution in [0.2, 0.25) is 0 Å². The van der Waals surface area contributed by atoms with Crippen LogP contribution in [-0.2, 0) is 17.0 Å². The minimum Gasteiger partial charge on any atom is -0.461 e. The molecule has 2 heterocycles. The summed E-state index contributed by atoms with van der Waals surface area (Å²) in [6.45, 7) is 1.05. The molecule has 3 aromatic rings. The summed E-state index contributed by atoms with van der Waals surface area (Å²) < 4.78 is 11.9. The van der Waals surface area contributed by atoms with E-state index in [0.717, 1.165) is 11.1 Å². The number of nitrogen functional groups attached to an aromatic ring is 1. The molecule has 9 heteroatoms. The van der Waals surface area contributed by atoms with Gasteiger partial charge in [0, 0.05) is 12.9 Å². The van der Waals surface area contributed by atoms with E-state index in [9.17, 15) is 4.79 Å². The average molecular weight is 361 g/mol. The second-order valence-corrected chi connectivity index (χ2v) is 5.74. The second-order valence-electron chi connectivity index (χ2n) is 5.43. The summed E-state index contributed by atoms with van der Waals surface area (Å²) in [5, 5.41) is 0. The minimum atomic E-state index is -0.304. The van der Waals surface area contributed by atoms with Crippen molar-refractivity contribution in [3.8, 4) is 6.01 Å². The summed E-state index contributed by atoms with van der Waals surface area (Å²) in [4.78, 5) is 23.4. The lowest BCUT2D eigenvalue weighted by Crippen LogP contribution is -2.18. The van der Waals surface area contributed by atoms with Crippen LogP contribution in [0.3, 0.4) is 0 Å². The summed E-state index contributed by atoms with van der Waals surface area (Å²) >= 11 is 4.28. The van der Waals surface area contributed by atoms with E-state index in [0.29, 0.717) is 36.7 Å². The number of imidazole rings is 1. The Morgan fingerprint density at radius 2 is 2.08 bits per heavy atom. The predicted molar refractivity (Wildman–Crippen MR) is 98.2 cm³/mol. The standard InChI is InChI=1S/C16H19N5O3S/c1-23-5-6-24-15-19-13(17)12-14(20-15)21(16(22)18-12)8-10-3-2-4-11(7-10)9-25/h2-4,7,25H,5-6,8-9H2,1H3,(H,18,22)(H2,17,19,20). The van der Waals surface area contributed by atoms with Crippen LogP contribution < -0.4 is 16.2 Å². The molecule has 0 amide bonds. The Kier molecular flexibility index (Phi) is 5.25. The zero-order chi connectivity index (χ0) is 17.8. The molecule has 8 nitrogen and oxygen atoms in total. The molecule has 0 fully saturated rings. The van der Waals surface area contributed by atoms with Gasteiger partial charge in [-0.25, -0.2) is 4.79 Å². The second kappa shape index (κ2) is 7.58. The van der Waals surface area contributed by atoms with Crippen molar-refractivity contribution < 1.29 is 9.47 Å². The minimum absolute atomic E-state index is 0.110. The molecule has 3 rings (SSSR count). The lowest BCUT2D eigenvalue weighted by atomic mass is 10.1. The lowest BCUT2D eigenvalue weighted by molar-refractivity contribution is 0.141. The van der Waals surface area contributed by atoms with Gasteiger partial charge in [-0.15, -0.1) is 0 Å². The first-order valence-electron chi connectivity index (χ1n) is 7.69. The number of anilines is 1. The van der Waals surface area contributed by atoms with Gasteiger partial charge >= 0.3 is 11.7 Å². The number of nitrogens with zero attached hydrogens (tertiary/aromatic N) is 3. The van der Waals surface area contributed by atoms with Gasteiger partial charge < -0.3 is 20.2 Å². The van der Waals surface area contributed by atoms with E-state index in [-0.39, 0.29) is 17.5 Å². The fourth-order valence-electron chi connectivity index (χ4n) is 2.47. The molecule has 0 aliphatic carbocycles. The number of aromatic nitrogens is 4. The highest BCUT2D eigenvalue weighted by Crippen LogP contribution is 2.19. The summed E-state index contributed by atoms with van der Waals surface area (Å²) in [5.41, 5.74) is 8.47. The Bertz CT molecular complexity index is 937. The lowest BCUT2D eigenvalue weighted by Gasteiger charge is -2.07. The van der Waals surface area contributed by atoms with Crippen molar-refractivity contribution in [2.45, 2.75) is 12.3 Å². The molecule has 0 aliphatic heterocycles. The summed E-state index contributed by atoms with van der Waals surface area (Å²) in [7, 11) is 1.57. The third-order valence-electron chi connectivity index (χ3n) is 3.66. The summed E-state index contributed by atoms with van der Waals surface area (Å²) in [5.74, 6) is 0.792. The van der Waals surface area contributed by atoms with Crippen LogP contribution in [-0.4, -0.2) is 39.8 Å². The highest BCUT2D eigenvalue weighted by atomic mass is 32.1. The largest absolute Gasteiger partial charge is 0.461 e. The molecular weight excluding hydrogens is 342 g/mol. The van der Waals surface area contributed by atoms with Crippen molar-refractivity contribution in [1.82, 2.24) is 19.5 Å². The van der Waals surface area contributed by atoms with Crippen LogP contribution in [0.4, 0.5) is 5.82 Å². The smallest absolute Gasteiger partial charge is 0.328 e. The molecule has 3 N–H and O–H groups in total. The maximum atomic E-state index is 12.3. The van der Waals surface area contributed by atoms with Crippen molar-refractivity contribution >= 4 is 29.6 Å². The molecule has 0 radical (unpaired) electrons. The van der Waals surface area contributed by atoms with E-state index < -0.39 is 0 Å². The van der Waals surface area contributed by atoms with E-state index in [4.69, 9.17) is 15.2 Å². The normalized spacial score (nSPS) is 11.1. The number of nitrogens with two attached hydrogens (primary N) is 1. The number of rotatable bonds is 7. The Balaban J connectivity index is 1.98. The maximum absolute atomic E-state index is 12.3. The number of hydrogen-bond donors (Lipinski definition) is 3. The third kappa shape index (κ3) is 3.77. The molecule has 132 valence electrons. The Hall–Kier alpha value is -2.52. The first kappa shape index (κ1) is 17.3. The number of thiol groups is 1. The molecule has 25 heavy (non-hydrogen) atoms. The van der Waals surface area contributed by atoms with Crippen LogP contribution in [0.5, 0.6) is 6.01 Å². The van der Waals surface area contributed by atoms with Crippen molar-refractivity contribution in [3.05, 3.63) is 45.9 Å². The van der Waals surface area contributed by atoms with E-state index in [1.165, 1.54) is 4.57 Å². The number of benzene rings is 1. The first-order valence-corrected chi connectivity index (χ1v) is 8.32. The van der Waals surface area contributed by atoms with Crippen LogP contribution in [0.1, 0.15) is 11.1 Å². The molecule has 0 atom stereocenters. The van der Waals surface area contributed by atoms with Crippen molar-refractivity contribution in [2.75, 3.05) is 26.1 Å². The predicted octanol–water partition coefficient (Wildman–Crippen LogP) is 1.21. The molecule has 2 aromatic heterocycles. The number of H-pyrrole nitrogens is 1. The highest BCUT2D eigenvalue weighted by molar-refractivity contribution is 7.79. The highest BCUT2D eigenvalue weighted by Gasteiger charge is 2.15. The summed E-state index contributed by atoms with van der Waals surface area (Å²) in [6, 6.07) is 7.97. The number of nitrogens with one attached hydrogen (secondary N) is 1. The fraction of sp³-hybridized carbons (Fsp3) is 0.312.